The smallest absolute Gasteiger partial charge is 0.122 e. The standard InChI is InChI=1S/C26H37BrO2/c1-7-18-15-25(28-11-5)20(9-3)13-22(18)24(17-27)23-14-21(10-4)26(29-12-6)16-19(23)8-2/h13-16,24H,7-12,17H2,1-6H3. The number of benzene rings is 2. The van der Waals surface area contributed by atoms with Crippen LogP contribution < -0.4 is 9.47 Å². The summed E-state index contributed by atoms with van der Waals surface area (Å²) in [4.78, 5) is 0. The van der Waals surface area contributed by atoms with E-state index in [2.05, 4.69) is 81.7 Å². The molecule has 160 valence electrons. The van der Waals surface area contributed by atoms with Crippen molar-refractivity contribution in [2.75, 3.05) is 18.5 Å². The van der Waals surface area contributed by atoms with E-state index in [1.807, 2.05) is 0 Å². The van der Waals surface area contributed by atoms with E-state index in [0.29, 0.717) is 19.1 Å². The fourth-order valence-corrected chi connectivity index (χ4v) is 4.80. The maximum atomic E-state index is 5.94. The van der Waals surface area contributed by atoms with E-state index in [-0.39, 0.29) is 0 Å². The van der Waals surface area contributed by atoms with Crippen molar-refractivity contribution in [2.24, 2.45) is 0 Å². The number of hydrogen-bond acceptors (Lipinski definition) is 2. The third-order valence-electron chi connectivity index (χ3n) is 5.67. The molecule has 0 fully saturated rings. The SMILES string of the molecule is CCOc1cc(CC)c(C(CBr)c2cc(CC)c(OCC)cc2CC)cc1CC. The Bertz CT molecular complexity index is 732. The van der Waals surface area contributed by atoms with E-state index < -0.39 is 0 Å². The lowest BCUT2D eigenvalue weighted by Gasteiger charge is -2.25. The molecule has 0 unspecified atom stereocenters. The summed E-state index contributed by atoms with van der Waals surface area (Å²) in [6.07, 6.45) is 3.96. The molecule has 0 aliphatic rings. The Hall–Kier alpha value is -1.48. The second-order valence-electron chi connectivity index (χ2n) is 7.30. The molecule has 0 aliphatic carbocycles. The molecular formula is C26H37BrO2. The molecule has 0 bridgehead atoms. The summed E-state index contributed by atoms with van der Waals surface area (Å²) in [5.41, 5.74) is 8.19. The van der Waals surface area contributed by atoms with Crippen LogP contribution in [0.1, 0.15) is 80.8 Å². The molecule has 2 nitrogen and oxygen atoms in total. The van der Waals surface area contributed by atoms with Crippen LogP contribution in [0.4, 0.5) is 0 Å². The van der Waals surface area contributed by atoms with E-state index in [0.717, 1.165) is 42.5 Å². The normalized spacial score (nSPS) is 11.2. The average molecular weight is 461 g/mol. The largest absolute Gasteiger partial charge is 0.494 e. The zero-order chi connectivity index (χ0) is 21.4. The Labute approximate surface area is 186 Å². The van der Waals surface area contributed by atoms with E-state index in [1.165, 1.54) is 33.4 Å². The molecule has 29 heavy (non-hydrogen) atoms. The van der Waals surface area contributed by atoms with Crippen LogP contribution in [-0.4, -0.2) is 18.5 Å². The topological polar surface area (TPSA) is 18.5 Å². The van der Waals surface area contributed by atoms with E-state index >= 15 is 0 Å². The van der Waals surface area contributed by atoms with Gasteiger partial charge in [0, 0.05) is 11.2 Å². The zero-order valence-electron chi connectivity index (χ0n) is 19.0. The van der Waals surface area contributed by atoms with Crippen molar-refractivity contribution in [3.05, 3.63) is 57.6 Å². The predicted octanol–water partition coefficient (Wildman–Crippen LogP) is 7.26. The van der Waals surface area contributed by atoms with Gasteiger partial charge in [-0.15, -0.1) is 0 Å². The number of halogens is 1. The lowest BCUT2D eigenvalue weighted by Crippen LogP contribution is -2.12. The average Bonchev–Trinajstić information content (AvgIpc) is 2.75. The van der Waals surface area contributed by atoms with Crippen LogP contribution in [0.25, 0.3) is 0 Å². The first-order valence-corrected chi connectivity index (χ1v) is 12.3. The number of hydrogen-bond donors (Lipinski definition) is 0. The van der Waals surface area contributed by atoms with Crippen molar-refractivity contribution < 1.29 is 9.47 Å². The van der Waals surface area contributed by atoms with Crippen LogP contribution in [0.3, 0.4) is 0 Å². The number of rotatable bonds is 11. The molecule has 0 N–H and O–H groups in total. The molecule has 0 saturated heterocycles. The first-order chi connectivity index (χ1) is 14.1. The molecule has 2 aromatic carbocycles. The Morgan fingerprint density at radius 2 is 1.00 bits per heavy atom. The van der Waals surface area contributed by atoms with Gasteiger partial charge in [0.2, 0.25) is 0 Å². The summed E-state index contributed by atoms with van der Waals surface area (Å²) in [6.45, 7) is 14.4. The summed E-state index contributed by atoms with van der Waals surface area (Å²) >= 11 is 3.85. The van der Waals surface area contributed by atoms with Gasteiger partial charge in [0.1, 0.15) is 11.5 Å². The van der Waals surface area contributed by atoms with Gasteiger partial charge >= 0.3 is 0 Å². The van der Waals surface area contributed by atoms with E-state index in [9.17, 15) is 0 Å². The van der Waals surface area contributed by atoms with Crippen molar-refractivity contribution in [2.45, 2.75) is 73.1 Å². The molecule has 0 spiro atoms. The van der Waals surface area contributed by atoms with Gasteiger partial charge < -0.3 is 9.47 Å². The zero-order valence-corrected chi connectivity index (χ0v) is 20.6. The molecule has 2 aromatic rings. The first kappa shape index (κ1) is 23.8. The first-order valence-electron chi connectivity index (χ1n) is 11.2. The molecule has 3 heteroatoms. The highest BCUT2D eigenvalue weighted by atomic mass is 79.9. The van der Waals surface area contributed by atoms with Gasteiger partial charge in [0.25, 0.3) is 0 Å². The number of alkyl halides is 1. The molecule has 0 aliphatic heterocycles. The molecule has 0 radical (unpaired) electrons. The summed E-state index contributed by atoms with van der Waals surface area (Å²) in [7, 11) is 0. The maximum absolute atomic E-state index is 5.94. The number of aryl methyl sites for hydroxylation is 4. The Morgan fingerprint density at radius 3 is 1.28 bits per heavy atom. The van der Waals surface area contributed by atoms with Gasteiger partial charge in [-0.05, 0) is 85.0 Å². The van der Waals surface area contributed by atoms with E-state index in [1.54, 1.807) is 0 Å². The highest BCUT2D eigenvalue weighted by Gasteiger charge is 2.22. The molecule has 0 atom stereocenters. The van der Waals surface area contributed by atoms with Gasteiger partial charge in [-0.2, -0.15) is 0 Å². The summed E-state index contributed by atoms with van der Waals surface area (Å²) in [5, 5.41) is 0.904. The molecule has 0 aromatic heterocycles. The van der Waals surface area contributed by atoms with Gasteiger partial charge in [-0.1, -0.05) is 55.8 Å². The van der Waals surface area contributed by atoms with Gasteiger partial charge in [-0.25, -0.2) is 0 Å². The van der Waals surface area contributed by atoms with E-state index in [4.69, 9.17) is 9.47 Å². The second kappa shape index (κ2) is 11.6. The fraction of sp³-hybridized carbons (Fsp3) is 0.538. The Balaban J connectivity index is 2.66. The molecule has 0 saturated carbocycles. The second-order valence-corrected chi connectivity index (χ2v) is 7.95. The monoisotopic (exact) mass is 460 g/mol. The minimum atomic E-state index is 0.321. The molecule has 0 heterocycles. The van der Waals surface area contributed by atoms with Crippen molar-refractivity contribution in [3.63, 3.8) is 0 Å². The molecule has 0 amide bonds. The van der Waals surface area contributed by atoms with Crippen LogP contribution in [0.15, 0.2) is 24.3 Å². The molecule has 2 rings (SSSR count). The third-order valence-corrected chi connectivity index (χ3v) is 6.32. The lowest BCUT2D eigenvalue weighted by molar-refractivity contribution is 0.336. The van der Waals surface area contributed by atoms with Crippen molar-refractivity contribution >= 4 is 15.9 Å². The van der Waals surface area contributed by atoms with Crippen LogP contribution in [0, 0.1) is 0 Å². The highest BCUT2D eigenvalue weighted by Crippen LogP contribution is 2.38. The number of ether oxygens (including phenoxy) is 2. The molecular weight excluding hydrogens is 424 g/mol. The highest BCUT2D eigenvalue weighted by molar-refractivity contribution is 9.09. The van der Waals surface area contributed by atoms with Gasteiger partial charge in [0.05, 0.1) is 13.2 Å². The summed E-state index contributed by atoms with van der Waals surface area (Å²) in [6, 6.07) is 9.32. The lowest BCUT2D eigenvalue weighted by atomic mass is 9.83. The van der Waals surface area contributed by atoms with Gasteiger partial charge in [-0.3, -0.25) is 0 Å². The third kappa shape index (κ3) is 5.36. The van der Waals surface area contributed by atoms with Gasteiger partial charge in [0.15, 0.2) is 0 Å². The maximum Gasteiger partial charge on any atom is 0.122 e. The van der Waals surface area contributed by atoms with Crippen molar-refractivity contribution in [1.82, 2.24) is 0 Å². The minimum Gasteiger partial charge on any atom is -0.494 e. The Kier molecular flexibility index (Phi) is 9.55. The summed E-state index contributed by atoms with van der Waals surface area (Å²) < 4.78 is 11.9. The quantitative estimate of drug-likeness (QED) is 0.328. The van der Waals surface area contributed by atoms with Crippen molar-refractivity contribution in [1.29, 1.82) is 0 Å². The summed E-state index contributed by atoms with van der Waals surface area (Å²) in [5.74, 6) is 2.41. The van der Waals surface area contributed by atoms with Crippen LogP contribution >= 0.6 is 15.9 Å². The minimum absolute atomic E-state index is 0.321. The van der Waals surface area contributed by atoms with Crippen LogP contribution in [-0.2, 0) is 25.7 Å². The Morgan fingerprint density at radius 1 is 0.621 bits per heavy atom. The van der Waals surface area contributed by atoms with Crippen LogP contribution in [0.5, 0.6) is 11.5 Å². The predicted molar refractivity (Wildman–Crippen MR) is 128 cm³/mol. The fourth-order valence-electron chi connectivity index (χ4n) is 4.10. The van der Waals surface area contributed by atoms with Crippen LogP contribution in [0.2, 0.25) is 0 Å². The van der Waals surface area contributed by atoms with Crippen molar-refractivity contribution in [3.8, 4) is 11.5 Å².